The highest BCUT2D eigenvalue weighted by Gasteiger charge is 2.32. The van der Waals surface area contributed by atoms with Gasteiger partial charge >= 0.3 is 11.9 Å². The molecule has 7 nitrogen and oxygen atoms in total. The number of ether oxygens (including phenoxy) is 1. The average Bonchev–Trinajstić information content (AvgIpc) is 2.97. The number of para-hydroxylation sites is 1. The van der Waals surface area contributed by atoms with Gasteiger partial charge in [-0.1, -0.05) is 6.07 Å². The zero-order chi connectivity index (χ0) is 15.7. The normalized spacial score (nSPS) is 18.4. The van der Waals surface area contributed by atoms with Crippen LogP contribution in [0.3, 0.4) is 0 Å². The lowest BCUT2D eigenvalue weighted by atomic mass is 10.0. The number of carboxylic acids is 1. The van der Waals surface area contributed by atoms with Crippen molar-refractivity contribution in [2.45, 2.75) is 25.3 Å². The van der Waals surface area contributed by atoms with Crippen LogP contribution in [0.2, 0.25) is 0 Å². The van der Waals surface area contributed by atoms with Crippen molar-refractivity contribution in [3.05, 3.63) is 23.8 Å². The number of rotatable bonds is 3. The number of carbonyl (C=O) groups is 2. The summed E-state index contributed by atoms with van der Waals surface area (Å²) in [5, 5.41) is 9.34. The number of hydrogen-bond donors (Lipinski definition) is 1. The molecule has 0 spiro atoms. The van der Waals surface area contributed by atoms with Crippen molar-refractivity contribution < 1.29 is 23.8 Å². The van der Waals surface area contributed by atoms with Crippen LogP contribution in [-0.4, -0.2) is 41.7 Å². The molecule has 22 heavy (non-hydrogen) atoms. The molecule has 2 aromatic rings. The zero-order valence-electron chi connectivity index (χ0n) is 12.1. The van der Waals surface area contributed by atoms with E-state index in [0.717, 1.165) is 12.8 Å². The fourth-order valence-corrected chi connectivity index (χ4v) is 2.75. The summed E-state index contributed by atoms with van der Waals surface area (Å²) in [6, 6.07) is 4.58. The molecule has 116 valence electrons. The highest BCUT2D eigenvalue weighted by Crippen LogP contribution is 2.29. The second-order valence-corrected chi connectivity index (χ2v) is 5.19. The van der Waals surface area contributed by atoms with Crippen molar-refractivity contribution in [2.75, 3.05) is 18.6 Å². The van der Waals surface area contributed by atoms with E-state index in [0.29, 0.717) is 24.1 Å². The largest absolute Gasteiger partial charge is 0.480 e. The Kier molecular flexibility index (Phi) is 3.70. The molecule has 0 aliphatic carbocycles. The number of esters is 1. The SMILES string of the molecule is COC(=O)c1cccc2nc(N3CCCCC3C(=O)O)oc12. The Bertz CT molecular complexity index is 724. The average molecular weight is 304 g/mol. The van der Waals surface area contributed by atoms with Gasteiger partial charge in [0.25, 0.3) is 6.01 Å². The summed E-state index contributed by atoms with van der Waals surface area (Å²) in [5.41, 5.74) is 1.11. The quantitative estimate of drug-likeness (QED) is 0.867. The van der Waals surface area contributed by atoms with Gasteiger partial charge in [-0.25, -0.2) is 9.59 Å². The summed E-state index contributed by atoms with van der Waals surface area (Å²) in [4.78, 5) is 29.1. The maximum Gasteiger partial charge on any atom is 0.341 e. The van der Waals surface area contributed by atoms with Gasteiger partial charge in [0.05, 0.1) is 7.11 Å². The first-order valence-electron chi connectivity index (χ1n) is 7.09. The minimum atomic E-state index is -0.893. The molecule has 1 N–H and O–H groups in total. The topological polar surface area (TPSA) is 92.9 Å². The Morgan fingerprint density at radius 2 is 2.23 bits per heavy atom. The summed E-state index contributed by atoms with van der Waals surface area (Å²) in [6.45, 7) is 0.567. The predicted octanol–water partition coefficient (Wildman–Crippen LogP) is 2.06. The Balaban J connectivity index is 2.04. The van der Waals surface area contributed by atoms with Gasteiger partial charge in [-0.3, -0.25) is 0 Å². The van der Waals surface area contributed by atoms with E-state index in [2.05, 4.69) is 4.98 Å². The zero-order valence-corrected chi connectivity index (χ0v) is 12.1. The van der Waals surface area contributed by atoms with E-state index in [4.69, 9.17) is 9.15 Å². The number of hydrogen-bond acceptors (Lipinski definition) is 6. The summed E-state index contributed by atoms with van der Waals surface area (Å²) >= 11 is 0. The first-order chi connectivity index (χ1) is 10.6. The third kappa shape index (κ3) is 2.38. The molecule has 0 bridgehead atoms. The lowest BCUT2D eigenvalue weighted by molar-refractivity contribution is -0.139. The summed E-state index contributed by atoms with van der Waals surface area (Å²) in [7, 11) is 1.30. The highest BCUT2D eigenvalue weighted by atomic mass is 16.5. The van der Waals surface area contributed by atoms with Crippen molar-refractivity contribution >= 4 is 29.1 Å². The summed E-state index contributed by atoms with van der Waals surface area (Å²) < 4.78 is 10.4. The third-order valence-corrected chi connectivity index (χ3v) is 3.84. The lowest BCUT2D eigenvalue weighted by Crippen LogP contribution is -2.44. The molecule has 3 rings (SSSR count). The molecule has 1 aliphatic rings. The van der Waals surface area contributed by atoms with Gasteiger partial charge in [-0.05, 0) is 31.4 Å². The first-order valence-corrected chi connectivity index (χ1v) is 7.09. The molecule has 1 saturated heterocycles. The van der Waals surface area contributed by atoms with Gasteiger partial charge in [0.15, 0.2) is 5.58 Å². The minimum Gasteiger partial charge on any atom is -0.480 e. The molecule has 1 fully saturated rings. The molecule has 1 aromatic carbocycles. The Morgan fingerprint density at radius 1 is 1.41 bits per heavy atom. The van der Waals surface area contributed by atoms with Crippen LogP contribution in [0.5, 0.6) is 0 Å². The molecule has 1 atom stereocenters. The van der Waals surface area contributed by atoms with E-state index in [9.17, 15) is 14.7 Å². The molecule has 0 radical (unpaired) electrons. The van der Waals surface area contributed by atoms with Crippen molar-refractivity contribution in [2.24, 2.45) is 0 Å². The molecular weight excluding hydrogens is 288 g/mol. The monoisotopic (exact) mass is 304 g/mol. The number of oxazole rings is 1. The van der Waals surface area contributed by atoms with Crippen molar-refractivity contribution in [3.8, 4) is 0 Å². The molecule has 1 aromatic heterocycles. The van der Waals surface area contributed by atoms with Crippen LogP contribution in [0.15, 0.2) is 22.6 Å². The number of anilines is 1. The lowest BCUT2D eigenvalue weighted by Gasteiger charge is -2.31. The van der Waals surface area contributed by atoms with Crippen molar-refractivity contribution in [3.63, 3.8) is 0 Å². The van der Waals surface area contributed by atoms with Crippen molar-refractivity contribution in [1.82, 2.24) is 4.98 Å². The number of nitrogens with zero attached hydrogens (tertiary/aromatic N) is 2. The third-order valence-electron chi connectivity index (χ3n) is 3.84. The van der Waals surface area contributed by atoms with E-state index < -0.39 is 18.0 Å². The molecular formula is C15H16N2O5. The molecule has 0 saturated carbocycles. The van der Waals surface area contributed by atoms with E-state index in [1.165, 1.54) is 7.11 Å². The number of carboxylic acid groups (broad SMARTS) is 1. The number of carbonyl (C=O) groups excluding carboxylic acids is 1. The summed E-state index contributed by atoms with van der Waals surface area (Å²) in [6.07, 6.45) is 2.30. The van der Waals surface area contributed by atoms with Gasteiger partial charge in [-0.15, -0.1) is 0 Å². The van der Waals surface area contributed by atoms with Gasteiger partial charge in [0, 0.05) is 6.54 Å². The van der Waals surface area contributed by atoms with Crippen LogP contribution in [0.4, 0.5) is 6.01 Å². The van der Waals surface area contributed by atoms with Crippen molar-refractivity contribution in [1.29, 1.82) is 0 Å². The molecule has 2 heterocycles. The van der Waals surface area contributed by atoms with E-state index in [1.54, 1.807) is 23.1 Å². The van der Waals surface area contributed by atoms with Crippen LogP contribution >= 0.6 is 0 Å². The van der Waals surface area contributed by atoms with E-state index in [1.807, 2.05) is 0 Å². The van der Waals surface area contributed by atoms with Gasteiger partial charge in [0.2, 0.25) is 0 Å². The van der Waals surface area contributed by atoms with Crippen LogP contribution in [0, 0.1) is 0 Å². The van der Waals surface area contributed by atoms with Gasteiger partial charge in [-0.2, -0.15) is 4.98 Å². The first kappa shape index (κ1) is 14.4. The highest BCUT2D eigenvalue weighted by molar-refractivity contribution is 6.01. The second kappa shape index (κ2) is 5.67. The predicted molar refractivity (Wildman–Crippen MR) is 78.0 cm³/mol. The molecule has 1 aliphatic heterocycles. The standard InChI is InChI=1S/C15H16N2O5/c1-21-14(20)9-5-4-6-10-12(9)22-15(16-10)17-8-3-2-7-11(17)13(18)19/h4-6,11H,2-3,7-8H2,1H3,(H,18,19). The number of aliphatic carboxylic acids is 1. The molecule has 7 heteroatoms. The maximum absolute atomic E-state index is 11.8. The second-order valence-electron chi connectivity index (χ2n) is 5.19. The van der Waals surface area contributed by atoms with Crippen LogP contribution in [0.1, 0.15) is 29.6 Å². The van der Waals surface area contributed by atoms with Gasteiger partial charge < -0.3 is 19.2 Å². The van der Waals surface area contributed by atoms with E-state index >= 15 is 0 Å². The number of benzene rings is 1. The minimum absolute atomic E-state index is 0.235. The maximum atomic E-state index is 11.8. The van der Waals surface area contributed by atoms with Crippen LogP contribution in [-0.2, 0) is 9.53 Å². The number of aromatic nitrogens is 1. The fraction of sp³-hybridized carbons (Fsp3) is 0.400. The van der Waals surface area contributed by atoms with Gasteiger partial charge in [0.1, 0.15) is 17.1 Å². The Hall–Kier alpha value is -2.57. The van der Waals surface area contributed by atoms with Crippen LogP contribution in [0.25, 0.3) is 11.1 Å². The van der Waals surface area contributed by atoms with E-state index in [-0.39, 0.29) is 11.6 Å². The molecule has 1 unspecified atom stereocenters. The van der Waals surface area contributed by atoms with Crippen LogP contribution < -0.4 is 4.90 Å². The number of piperidine rings is 1. The smallest absolute Gasteiger partial charge is 0.341 e. The molecule has 0 amide bonds. The number of fused-ring (bicyclic) bond motifs is 1. The Labute approximate surface area is 126 Å². The Morgan fingerprint density at radius 3 is 2.95 bits per heavy atom. The fourth-order valence-electron chi connectivity index (χ4n) is 2.75. The number of methoxy groups -OCH3 is 1. The summed E-state index contributed by atoms with van der Waals surface area (Å²) in [5.74, 6) is -1.41.